The van der Waals surface area contributed by atoms with Crippen molar-refractivity contribution in [2.75, 3.05) is 51.9 Å². The number of nitrogens with zero attached hydrogens (tertiary/aromatic N) is 4. The smallest absolute Gasteiger partial charge is 0.205 e. The average molecular weight is 384 g/mol. The Kier molecular flexibility index (Phi) is 5.83. The molecule has 0 saturated carbocycles. The highest BCUT2D eigenvalue weighted by Gasteiger charge is 2.13. The van der Waals surface area contributed by atoms with Gasteiger partial charge in [-0.3, -0.25) is 4.90 Å². The predicted molar refractivity (Wildman–Crippen MR) is 105 cm³/mol. The van der Waals surface area contributed by atoms with Gasteiger partial charge in [-0.25, -0.2) is 15.0 Å². The van der Waals surface area contributed by atoms with Crippen molar-refractivity contribution < 1.29 is 14.2 Å². The van der Waals surface area contributed by atoms with Crippen LogP contribution in [0.15, 0.2) is 30.9 Å². The van der Waals surface area contributed by atoms with Gasteiger partial charge in [0.15, 0.2) is 11.5 Å². The molecular weight excluding hydrogens is 360 g/mol. The molecule has 0 radical (unpaired) electrons. The van der Waals surface area contributed by atoms with Crippen molar-refractivity contribution in [2.45, 2.75) is 6.42 Å². The Balaban J connectivity index is 1.46. The molecule has 0 spiro atoms. The van der Waals surface area contributed by atoms with Crippen molar-refractivity contribution in [3.05, 3.63) is 30.9 Å². The molecule has 1 aliphatic rings. The van der Waals surface area contributed by atoms with E-state index >= 15 is 0 Å². The molecule has 1 aliphatic heterocycles. The van der Waals surface area contributed by atoms with Crippen LogP contribution in [0.25, 0.3) is 10.9 Å². The van der Waals surface area contributed by atoms with Crippen molar-refractivity contribution in [2.24, 2.45) is 0 Å². The fourth-order valence-electron chi connectivity index (χ4n) is 3.18. The van der Waals surface area contributed by atoms with Gasteiger partial charge in [-0.2, -0.15) is 0 Å². The summed E-state index contributed by atoms with van der Waals surface area (Å²) in [5.41, 5.74) is 0.771. The number of imidazole rings is 1. The molecule has 1 aromatic carbocycles. The Hall–Kier alpha value is -2.91. The Morgan fingerprint density at radius 2 is 2.07 bits per heavy atom. The first-order valence-electron chi connectivity index (χ1n) is 9.35. The molecule has 3 heterocycles. The number of morpholine rings is 1. The molecule has 0 unspecified atom stereocenters. The number of nitrogens with one attached hydrogen (secondary N) is 2. The minimum absolute atomic E-state index is 0.613. The van der Waals surface area contributed by atoms with Crippen molar-refractivity contribution in [1.29, 1.82) is 0 Å². The van der Waals surface area contributed by atoms with Gasteiger partial charge < -0.3 is 24.5 Å². The lowest BCUT2D eigenvalue weighted by Gasteiger charge is -2.26. The summed E-state index contributed by atoms with van der Waals surface area (Å²) in [6.45, 7) is 5.21. The number of aromatic nitrogens is 4. The van der Waals surface area contributed by atoms with Gasteiger partial charge >= 0.3 is 0 Å². The van der Waals surface area contributed by atoms with E-state index < -0.39 is 0 Å². The molecule has 2 N–H and O–H groups in total. The number of benzene rings is 1. The minimum Gasteiger partial charge on any atom is -0.493 e. The normalized spacial score (nSPS) is 14.9. The van der Waals surface area contributed by atoms with Crippen LogP contribution >= 0.6 is 0 Å². The minimum atomic E-state index is 0.613. The summed E-state index contributed by atoms with van der Waals surface area (Å²) in [4.78, 5) is 18.3. The SMILES string of the molecule is COc1cc2c(Nc3ncc[nH]3)ncnc2cc1OCCCN1CCOCC1. The lowest BCUT2D eigenvalue weighted by atomic mass is 10.2. The number of hydrogen-bond donors (Lipinski definition) is 2. The van der Waals surface area contributed by atoms with E-state index in [0.29, 0.717) is 29.9 Å². The van der Waals surface area contributed by atoms with Gasteiger partial charge in [0.25, 0.3) is 0 Å². The second-order valence-electron chi connectivity index (χ2n) is 6.46. The second kappa shape index (κ2) is 8.85. The summed E-state index contributed by atoms with van der Waals surface area (Å²) in [5, 5.41) is 3.99. The zero-order chi connectivity index (χ0) is 19.2. The predicted octanol–water partition coefficient (Wildman–Crippen LogP) is 2.21. The van der Waals surface area contributed by atoms with Gasteiger partial charge in [0.05, 0.1) is 32.4 Å². The van der Waals surface area contributed by atoms with E-state index in [1.807, 2.05) is 12.1 Å². The summed E-state index contributed by atoms with van der Waals surface area (Å²) in [5.74, 6) is 2.59. The van der Waals surface area contributed by atoms with Gasteiger partial charge in [0, 0.05) is 43.5 Å². The Bertz CT molecular complexity index is 896. The van der Waals surface area contributed by atoms with E-state index in [9.17, 15) is 0 Å². The molecule has 3 aromatic rings. The lowest BCUT2D eigenvalue weighted by molar-refractivity contribution is 0.0357. The van der Waals surface area contributed by atoms with E-state index in [2.05, 4.69) is 30.2 Å². The molecule has 4 rings (SSSR count). The molecular formula is C19H24N6O3. The van der Waals surface area contributed by atoms with E-state index in [4.69, 9.17) is 14.2 Å². The van der Waals surface area contributed by atoms with Crippen LogP contribution < -0.4 is 14.8 Å². The first-order chi connectivity index (χ1) is 13.8. The number of aromatic amines is 1. The second-order valence-corrected chi connectivity index (χ2v) is 6.46. The van der Waals surface area contributed by atoms with Crippen molar-refractivity contribution in [1.82, 2.24) is 24.8 Å². The van der Waals surface area contributed by atoms with E-state index in [1.165, 1.54) is 6.33 Å². The Morgan fingerprint density at radius 1 is 1.18 bits per heavy atom. The topological polar surface area (TPSA) is 97.4 Å². The Morgan fingerprint density at radius 3 is 2.86 bits per heavy atom. The molecule has 0 aliphatic carbocycles. The Labute approximate surface area is 163 Å². The molecule has 1 fully saturated rings. The molecule has 0 amide bonds. The molecule has 9 heteroatoms. The lowest BCUT2D eigenvalue weighted by Crippen LogP contribution is -2.37. The fourth-order valence-corrected chi connectivity index (χ4v) is 3.18. The van der Waals surface area contributed by atoms with E-state index in [0.717, 1.165) is 50.2 Å². The van der Waals surface area contributed by atoms with Crippen LogP contribution in [0.1, 0.15) is 6.42 Å². The fraction of sp³-hybridized carbons (Fsp3) is 0.421. The zero-order valence-corrected chi connectivity index (χ0v) is 15.9. The summed E-state index contributed by atoms with van der Waals surface area (Å²) in [7, 11) is 1.63. The van der Waals surface area contributed by atoms with Gasteiger partial charge in [-0.15, -0.1) is 0 Å². The van der Waals surface area contributed by atoms with Crippen LogP contribution in [-0.2, 0) is 4.74 Å². The van der Waals surface area contributed by atoms with Gasteiger partial charge in [-0.1, -0.05) is 0 Å². The van der Waals surface area contributed by atoms with Crippen LogP contribution in [0.3, 0.4) is 0 Å². The maximum Gasteiger partial charge on any atom is 0.205 e. The summed E-state index contributed by atoms with van der Waals surface area (Å²) in [6.07, 6.45) is 5.88. The molecule has 28 heavy (non-hydrogen) atoms. The summed E-state index contributed by atoms with van der Waals surface area (Å²) >= 11 is 0. The maximum atomic E-state index is 5.99. The molecule has 148 valence electrons. The number of H-pyrrole nitrogens is 1. The molecule has 0 bridgehead atoms. The highest BCUT2D eigenvalue weighted by atomic mass is 16.5. The molecule has 9 nitrogen and oxygen atoms in total. The van der Waals surface area contributed by atoms with Gasteiger partial charge in [0.2, 0.25) is 5.95 Å². The summed E-state index contributed by atoms with van der Waals surface area (Å²) < 4.78 is 16.9. The zero-order valence-electron chi connectivity index (χ0n) is 15.9. The van der Waals surface area contributed by atoms with E-state index in [-0.39, 0.29) is 0 Å². The van der Waals surface area contributed by atoms with Crippen molar-refractivity contribution >= 4 is 22.7 Å². The number of methoxy groups -OCH3 is 1. The van der Waals surface area contributed by atoms with E-state index in [1.54, 1.807) is 19.5 Å². The van der Waals surface area contributed by atoms with Crippen LogP contribution in [0.2, 0.25) is 0 Å². The maximum absolute atomic E-state index is 5.99. The van der Waals surface area contributed by atoms with Crippen LogP contribution in [-0.4, -0.2) is 71.4 Å². The quantitative estimate of drug-likeness (QED) is 0.571. The van der Waals surface area contributed by atoms with Crippen molar-refractivity contribution in [3.63, 3.8) is 0 Å². The third-order valence-electron chi connectivity index (χ3n) is 4.64. The number of anilines is 2. The van der Waals surface area contributed by atoms with Crippen LogP contribution in [0.4, 0.5) is 11.8 Å². The van der Waals surface area contributed by atoms with Crippen molar-refractivity contribution in [3.8, 4) is 11.5 Å². The first-order valence-corrected chi connectivity index (χ1v) is 9.35. The van der Waals surface area contributed by atoms with Crippen LogP contribution in [0.5, 0.6) is 11.5 Å². The molecule has 1 saturated heterocycles. The monoisotopic (exact) mass is 384 g/mol. The third-order valence-corrected chi connectivity index (χ3v) is 4.64. The highest BCUT2D eigenvalue weighted by molar-refractivity contribution is 5.92. The molecule has 2 aromatic heterocycles. The van der Waals surface area contributed by atoms with Gasteiger partial charge in [-0.05, 0) is 12.5 Å². The van der Waals surface area contributed by atoms with Crippen LogP contribution in [0, 0.1) is 0 Å². The largest absolute Gasteiger partial charge is 0.493 e. The summed E-state index contributed by atoms with van der Waals surface area (Å²) in [6, 6.07) is 3.77. The number of ether oxygens (including phenoxy) is 3. The van der Waals surface area contributed by atoms with Gasteiger partial charge in [0.1, 0.15) is 12.1 Å². The third kappa shape index (κ3) is 4.32. The number of rotatable bonds is 8. The molecule has 0 atom stereocenters. The first kappa shape index (κ1) is 18.5. The average Bonchev–Trinajstić information content (AvgIpc) is 3.25. The standard InChI is InChI=1S/C19H24N6O3/c1-26-16-11-14-15(22-13-23-18(14)24-19-20-3-4-21-19)12-17(16)28-8-2-5-25-6-9-27-10-7-25/h3-4,11-13H,2,5-10H2,1H3,(H2,20,21,22,23,24). The highest BCUT2D eigenvalue weighted by Crippen LogP contribution is 2.34. The number of fused-ring (bicyclic) bond motifs is 1. The number of hydrogen-bond acceptors (Lipinski definition) is 8.